The molecule has 0 bridgehead atoms. The highest BCUT2D eigenvalue weighted by Gasteiger charge is 2.29. The van der Waals surface area contributed by atoms with E-state index in [1.165, 1.54) is 4.90 Å². The average molecular weight is 1030 g/mol. The van der Waals surface area contributed by atoms with Crippen LogP contribution in [0.15, 0.2) is 131 Å². The van der Waals surface area contributed by atoms with Crippen molar-refractivity contribution in [1.82, 2.24) is 15.0 Å². The molecule has 0 aliphatic heterocycles. The summed E-state index contributed by atoms with van der Waals surface area (Å²) >= 11 is 6.25. The van der Waals surface area contributed by atoms with Gasteiger partial charge in [-0.15, -0.1) is 10.2 Å². The normalized spacial score (nSPS) is 12.9. The first-order chi connectivity index (χ1) is 30.7. The number of fused-ring (bicyclic) bond motifs is 1. The van der Waals surface area contributed by atoms with Crippen molar-refractivity contribution in [1.29, 1.82) is 0 Å². The lowest BCUT2D eigenvalue weighted by molar-refractivity contribution is 0.471. The number of phenolic OH excluding ortho intramolecular Hbond substituents is 1. The van der Waals surface area contributed by atoms with Crippen LogP contribution in [0.25, 0.3) is 10.8 Å². The predicted molar refractivity (Wildman–Crippen MR) is 237 cm³/mol. The first-order valence-corrected chi connectivity index (χ1v) is 26.2. The van der Waals surface area contributed by atoms with Crippen molar-refractivity contribution in [3.05, 3.63) is 96.3 Å². The minimum Gasteiger partial charge on any atom is -0.505 e. The van der Waals surface area contributed by atoms with Gasteiger partial charge in [-0.1, -0.05) is 25.1 Å². The quantitative estimate of drug-likeness (QED) is 0.0399. The fourth-order valence-electron chi connectivity index (χ4n) is 6.05. The Labute approximate surface area is 380 Å². The van der Waals surface area contributed by atoms with Gasteiger partial charge >= 0.3 is 0 Å². The molecule has 6 aromatic rings. The number of hydrogen-bond donors (Lipinski definition) is 6. The first kappa shape index (κ1) is 49.3. The van der Waals surface area contributed by atoms with Gasteiger partial charge in [-0.05, 0) is 90.8 Å². The van der Waals surface area contributed by atoms with E-state index >= 15 is 0 Å². The minimum atomic E-state index is -5.49. The molecular formula is C36H32ClN9O15S5. The zero-order valence-corrected chi connectivity index (χ0v) is 38.1. The molecule has 6 N–H and O–H groups in total. The number of para-hydroxylation sites is 1. The van der Waals surface area contributed by atoms with Crippen molar-refractivity contribution in [3.63, 3.8) is 0 Å². The molecule has 66 heavy (non-hydrogen) atoms. The van der Waals surface area contributed by atoms with Gasteiger partial charge in [0.1, 0.15) is 26.1 Å². The molecular weight excluding hydrogens is 994 g/mol. The largest absolute Gasteiger partial charge is 0.505 e. The Morgan fingerprint density at radius 2 is 1.27 bits per heavy atom. The van der Waals surface area contributed by atoms with E-state index in [4.69, 9.17) is 16.2 Å². The maximum Gasteiger partial charge on any atom is 0.297 e. The summed E-state index contributed by atoms with van der Waals surface area (Å²) in [5.74, 6) is -2.25. The van der Waals surface area contributed by atoms with Crippen LogP contribution in [0.4, 0.5) is 46.0 Å². The van der Waals surface area contributed by atoms with E-state index in [-0.39, 0.29) is 35.4 Å². The number of nitrogens with zero attached hydrogens (tertiary/aromatic N) is 8. The number of benzene rings is 5. The van der Waals surface area contributed by atoms with Crippen molar-refractivity contribution >= 4 is 119 Å². The number of anilines is 4. The molecule has 1 heterocycles. The average Bonchev–Trinajstić information content (AvgIpc) is 3.21. The molecule has 24 nitrogen and oxygen atoms in total. The van der Waals surface area contributed by atoms with E-state index in [1.807, 2.05) is 0 Å². The Balaban J connectivity index is 1.42. The number of phenols is 1. The number of rotatable bonds is 17. The topological polar surface area (TPSA) is 375 Å². The van der Waals surface area contributed by atoms with Gasteiger partial charge in [0.25, 0.3) is 40.5 Å². The fraction of sp³-hybridized carbons (Fsp3) is 0.139. The van der Waals surface area contributed by atoms with Crippen molar-refractivity contribution in [2.45, 2.75) is 32.9 Å². The molecule has 0 atom stereocenters. The van der Waals surface area contributed by atoms with Gasteiger partial charge in [0.2, 0.25) is 17.2 Å². The summed E-state index contributed by atoms with van der Waals surface area (Å²) in [7, 11) is -24.1. The van der Waals surface area contributed by atoms with Crippen molar-refractivity contribution in [2.24, 2.45) is 20.5 Å². The lowest BCUT2D eigenvalue weighted by Gasteiger charge is -2.23. The number of nitrogens with one attached hydrogen (secondary N) is 1. The zero-order valence-electron chi connectivity index (χ0n) is 33.3. The van der Waals surface area contributed by atoms with Crippen molar-refractivity contribution in [2.75, 3.05) is 28.3 Å². The van der Waals surface area contributed by atoms with Gasteiger partial charge in [-0.2, -0.15) is 58.9 Å². The first-order valence-electron chi connectivity index (χ1n) is 18.3. The predicted octanol–water partition coefficient (Wildman–Crippen LogP) is 6.91. The fourth-order valence-corrected chi connectivity index (χ4v) is 10.1. The highest BCUT2D eigenvalue weighted by Crippen LogP contribution is 2.45. The summed E-state index contributed by atoms with van der Waals surface area (Å²) < 4.78 is 164. The smallest absolute Gasteiger partial charge is 0.297 e. The summed E-state index contributed by atoms with van der Waals surface area (Å²) in [5, 5.41) is 27.1. The molecule has 0 radical (unpaired) electrons. The molecule has 0 saturated heterocycles. The summed E-state index contributed by atoms with van der Waals surface area (Å²) in [6.45, 7) is 1.54. The van der Waals surface area contributed by atoms with Crippen molar-refractivity contribution < 1.29 is 65.4 Å². The number of aromatic nitrogens is 3. The van der Waals surface area contributed by atoms with E-state index in [0.717, 1.165) is 54.6 Å². The van der Waals surface area contributed by atoms with Gasteiger partial charge in [0, 0.05) is 28.8 Å². The standard InChI is InChI=1S/C36H32ClN9O15S5/c1-2-17-62(48,49)18-16-46(23-6-4-3-5-7-23)36-40-34(37)39-35(41-36)38-28-15-13-25-26(33(28)66(59,60)61)20-30(65(56,57)58)31(32(25)47)45-44-27-14-10-22(19-29(27)64(53,54)55)43-42-21-8-11-24(12-9-21)63(50,51)52/h3-15,19-20,47H,2,16-18H2,1H3,(H,50,51,52)(H,53,54,55)(H,56,57,58)(H,59,60,61)(H,38,39,40,41). The molecule has 0 spiro atoms. The highest BCUT2D eigenvalue weighted by molar-refractivity contribution is 7.91. The SMILES string of the molecule is CCCS(=O)(=O)CCN(c1ccccc1)c1nc(Cl)nc(Nc2ccc3c(O)c(N=Nc4ccc(N=Nc5ccc(S(=O)(=O)O)cc5)cc4S(=O)(=O)O)c(S(=O)(=O)O)cc3c2S(=O)(=O)O)n1. The molecule has 0 amide bonds. The van der Waals surface area contributed by atoms with E-state index in [2.05, 4.69) is 40.7 Å². The number of azo groups is 2. The van der Waals surface area contributed by atoms with Gasteiger partial charge in [0.15, 0.2) is 15.6 Å². The van der Waals surface area contributed by atoms with Crippen LogP contribution < -0.4 is 10.2 Å². The third kappa shape index (κ3) is 11.8. The van der Waals surface area contributed by atoms with Crippen LogP contribution >= 0.6 is 11.6 Å². The van der Waals surface area contributed by atoms with E-state index in [9.17, 15) is 60.9 Å². The van der Waals surface area contributed by atoms with E-state index in [1.54, 1.807) is 37.3 Å². The number of sulfone groups is 1. The summed E-state index contributed by atoms with van der Waals surface area (Å²) in [5.41, 5.74) is -2.04. The number of halogens is 1. The molecule has 1 aromatic heterocycles. The molecule has 6 rings (SSSR count). The third-order valence-corrected chi connectivity index (χ3v) is 14.5. The molecule has 348 valence electrons. The second-order valence-electron chi connectivity index (χ2n) is 13.5. The Kier molecular flexibility index (Phi) is 14.2. The monoisotopic (exact) mass is 1030 g/mol. The van der Waals surface area contributed by atoms with Crippen molar-refractivity contribution in [3.8, 4) is 5.75 Å². The van der Waals surface area contributed by atoms with Gasteiger partial charge in [0.05, 0.1) is 27.7 Å². The van der Waals surface area contributed by atoms with Gasteiger partial charge in [-0.25, -0.2) is 8.42 Å². The van der Waals surface area contributed by atoms with Crippen LogP contribution in [0, 0.1) is 0 Å². The molecule has 0 fully saturated rings. The number of hydrogen-bond acceptors (Lipinski definition) is 20. The Morgan fingerprint density at radius 1 is 0.636 bits per heavy atom. The summed E-state index contributed by atoms with van der Waals surface area (Å²) in [6, 6.07) is 17.9. The second kappa shape index (κ2) is 19.0. The van der Waals surface area contributed by atoms with E-state index < -0.39 is 115 Å². The maximum absolute atomic E-state index is 13.0. The van der Waals surface area contributed by atoms with Gasteiger partial charge in [-0.3, -0.25) is 18.2 Å². The zero-order chi connectivity index (χ0) is 48.4. The lowest BCUT2D eigenvalue weighted by Crippen LogP contribution is -2.28. The molecule has 0 aliphatic rings. The Morgan fingerprint density at radius 3 is 1.88 bits per heavy atom. The molecule has 30 heteroatoms. The van der Waals surface area contributed by atoms with Crippen LogP contribution in [-0.2, 0) is 50.3 Å². The number of aromatic hydroxyl groups is 1. The summed E-state index contributed by atoms with van der Waals surface area (Å²) in [4.78, 5) is 9.93. The van der Waals surface area contributed by atoms with Gasteiger partial charge < -0.3 is 15.3 Å². The Bertz CT molecular complexity index is 3510. The lowest BCUT2D eigenvalue weighted by atomic mass is 10.1. The minimum absolute atomic E-state index is 0.0493. The summed E-state index contributed by atoms with van der Waals surface area (Å²) in [6.07, 6.45) is 0.366. The molecule has 0 saturated carbocycles. The van der Waals surface area contributed by atoms with Crippen LogP contribution in [0.3, 0.4) is 0 Å². The van der Waals surface area contributed by atoms with Crippen LogP contribution in [-0.4, -0.2) is 98.4 Å². The maximum atomic E-state index is 13.0. The van der Waals surface area contributed by atoms with Crippen LogP contribution in [0.1, 0.15) is 13.3 Å². The molecule has 5 aromatic carbocycles. The Hall–Kier alpha value is -6.15. The molecule has 0 unspecified atom stereocenters. The third-order valence-electron chi connectivity index (χ3n) is 8.91. The highest BCUT2D eigenvalue weighted by atomic mass is 35.5. The van der Waals surface area contributed by atoms with Crippen LogP contribution in [0.2, 0.25) is 5.28 Å². The molecule has 0 aliphatic carbocycles. The second-order valence-corrected chi connectivity index (χ2v) is 21.7. The van der Waals surface area contributed by atoms with E-state index in [0.29, 0.717) is 18.2 Å². The van der Waals surface area contributed by atoms with Crippen LogP contribution in [0.5, 0.6) is 5.75 Å².